The van der Waals surface area contributed by atoms with Crippen molar-refractivity contribution in [2.45, 2.75) is 13.5 Å². The first-order chi connectivity index (χ1) is 7.35. The van der Waals surface area contributed by atoms with Crippen LogP contribution in [0.3, 0.4) is 0 Å². The van der Waals surface area contributed by atoms with Crippen LogP contribution in [0.25, 0.3) is 0 Å². The molecule has 1 rings (SSSR count). The molecule has 0 radical (unpaired) electrons. The molecule has 0 bridgehead atoms. The minimum absolute atomic E-state index is 0.0206. The summed E-state index contributed by atoms with van der Waals surface area (Å²) >= 11 is 5.45. The van der Waals surface area contributed by atoms with E-state index in [-0.39, 0.29) is 23.2 Å². The lowest BCUT2D eigenvalue weighted by Crippen LogP contribution is -2.36. The van der Waals surface area contributed by atoms with Crippen LogP contribution >= 0.6 is 11.6 Å². The van der Waals surface area contributed by atoms with Gasteiger partial charge in [-0.25, -0.2) is 13.2 Å². The summed E-state index contributed by atoms with van der Waals surface area (Å²) in [5, 5.41) is -0.0652. The Bertz CT molecular complexity index is 556. The van der Waals surface area contributed by atoms with Crippen LogP contribution in [0.4, 0.5) is 0 Å². The van der Waals surface area contributed by atoms with Gasteiger partial charge in [-0.2, -0.15) is 0 Å². The van der Waals surface area contributed by atoms with Gasteiger partial charge in [0.25, 0.3) is 5.56 Å². The fourth-order valence-corrected chi connectivity index (χ4v) is 2.00. The maximum Gasteiger partial charge on any atom is 0.329 e. The summed E-state index contributed by atoms with van der Waals surface area (Å²) < 4.78 is 23.2. The van der Waals surface area contributed by atoms with Crippen molar-refractivity contribution in [3.05, 3.63) is 32.1 Å². The SMILES string of the molecule is CCS(=O)(=O)CCn1c(=O)cc(Cl)[nH]c1=O. The van der Waals surface area contributed by atoms with Gasteiger partial charge < -0.3 is 0 Å². The van der Waals surface area contributed by atoms with Gasteiger partial charge in [0.2, 0.25) is 0 Å². The molecule has 0 aromatic carbocycles. The van der Waals surface area contributed by atoms with Crippen molar-refractivity contribution in [3.8, 4) is 0 Å². The van der Waals surface area contributed by atoms with Gasteiger partial charge >= 0.3 is 5.69 Å². The highest BCUT2D eigenvalue weighted by atomic mass is 35.5. The lowest BCUT2D eigenvalue weighted by molar-refractivity contribution is 0.584. The molecule has 0 aliphatic rings. The second-order valence-corrected chi connectivity index (χ2v) is 6.03. The topological polar surface area (TPSA) is 89.0 Å². The Balaban J connectivity index is 3.00. The maximum atomic E-state index is 11.3. The molecular formula is C8H11ClN2O4S. The number of nitrogens with zero attached hydrogens (tertiary/aromatic N) is 1. The monoisotopic (exact) mass is 266 g/mol. The Hall–Kier alpha value is -1.08. The standard InChI is InChI=1S/C8H11ClN2O4S/c1-2-16(14,15)4-3-11-7(12)5-6(9)10-8(11)13/h5H,2-4H2,1H3,(H,10,13). The van der Waals surface area contributed by atoms with Gasteiger partial charge in [-0.15, -0.1) is 0 Å². The van der Waals surface area contributed by atoms with Crippen LogP contribution in [0.2, 0.25) is 5.15 Å². The van der Waals surface area contributed by atoms with Gasteiger partial charge in [-0.1, -0.05) is 18.5 Å². The van der Waals surface area contributed by atoms with Gasteiger partial charge in [0.15, 0.2) is 9.84 Å². The van der Waals surface area contributed by atoms with Gasteiger partial charge in [-0.05, 0) is 0 Å². The zero-order chi connectivity index (χ0) is 12.3. The number of hydrogen-bond acceptors (Lipinski definition) is 4. The predicted octanol–water partition coefficient (Wildman–Crippen LogP) is -0.375. The number of nitrogens with one attached hydrogen (secondary N) is 1. The molecule has 0 saturated heterocycles. The Morgan fingerprint density at radius 3 is 2.56 bits per heavy atom. The Kier molecular flexibility index (Phi) is 3.93. The van der Waals surface area contributed by atoms with Crippen LogP contribution in [-0.2, 0) is 16.4 Å². The molecule has 16 heavy (non-hydrogen) atoms. The van der Waals surface area contributed by atoms with E-state index in [0.717, 1.165) is 10.6 Å². The lowest BCUT2D eigenvalue weighted by atomic mass is 10.6. The third-order valence-electron chi connectivity index (χ3n) is 2.05. The molecule has 1 aromatic heterocycles. The Morgan fingerprint density at radius 2 is 2.06 bits per heavy atom. The quantitative estimate of drug-likeness (QED) is 0.753. The zero-order valence-corrected chi connectivity index (χ0v) is 10.1. The molecular weight excluding hydrogens is 256 g/mol. The highest BCUT2D eigenvalue weighted by Crippen LogP contribution is 1.94. The molecule has 8 heteroatoms. The summed E-state index contributed by atoms with van der Waals surface area (Å²) in [5.41, 5.74) is -1.32. The van der Waals surface area contributed by atoms with Crippen LogP contribution in [0, 0.1) is 0 Å². The highest BCUT2D eigenvalue weighted by Gasteiger charge is 2.10. The van der Waals surface area contributed by atoms with Crippen LogP contribution in [0.5, 0.6) is 0 Å². The fraction of sp³-hybridized carbons (Fsp3) is 0.500. The molecule has 0 aliphatic carbocycles. The Morgan fingerprint density at radius 1 is 1.44 bits per heavy atom. The average Bonchev–Trinajstić information content (AvgIpc) is 2.16. The molecule has 1 aromatic rings. The molecule has 0 amide bonds. The first kappa shape index (κ1) is 13.0. The first-order valence-electron chi connectivity index (χ1n) is 4.56. The van der Waals surface area contributed by atoms with Crippen LogP contribution in [-0.4, -0.2) is 29.5 Å². The Labute approximate surface area is 96.8 Å². The van der Waals surface area contributed by atoms with Crippen molar-refractivity contribution < 1.29 is 8.42 Å². The molecule has 0 unspecified atom stereocenters. The summed E-state index contributed by atoms with van der Waals surface area (Å²) in [6.45, 7) is 1.34. The minimum Gasteiger partial charge on any atom is -0.298 e. The number of halogens is 1. The van der Waals surface area contributed by atoms with E-state index in [1.54, 1.807) is 0 Å². The number of sulfone groups is 1. The van der Waals surface area contributed by atoms with Crippen molar-refractivity contribution >= 4 is 21.4 Å². The van der Waals surface area contributed by atoms with Gasteiger partial charge in [0, 0.05) is 18.4 Å². The van der Waals surface area contributed by atoms with E-state index < -0.39 is 21.1 Å². The van der Waals surface area contributed by atoms with E-state index in [1.165, 1.54) is 6.92 Å². The van der Waals surface area contributed by atoms with Gasteiger partial charge in [0.1, 0.15) is 5.15 Å². The molecule has 0 spiro atoms. The second kappa shape index (κ2) is 4.84. The van der Waals surface area contributed by atoms with E-state index in [4.69, 9.17) is 11.6 Å². The molecule has 0 saturated carbocycles. The molecule has 1 N–H and O–H groups in total. The number of hydrogen-bond donors (Lipinski definition) is 1. The number of rotatable bonds is 4. The van der Waals surface area contributed by atoms with Gasteiger partial charge in [0.05, 0.1) is 5.75 Å². The zero-order valence-electron chi connectivity index (χ0n) is 8.57. The van der Waals surface area contributed by atoms with E-state index >= 15 is 0 Å². The average molecular weight is 267 g/mol. The van der Waals surface area contributed by atoms with Crippen LogP contribution < -0.4 is 11.2 Å². The third kappa shape index (κ3) is 3.21. The van der Waals surface area contributed by atoms with Crippen molar-refractivity contribution in [2.75, 3.05) is 11.5 Å². The summed E-state index contributed by atoms with van der Waals surface area (Å²) in [5.74, 6) is -0.263. The molecule has 6 nitrogen and oxygen atoms in total. The normalized spacial score (nSPS) is 11.6. The van der Waals surface area contributed by atoms with E-state index in [9.17, 15) is 18.0 Å². The second-order valence-electron chi connectivity index (χ2n) is 3.15. The predicted molar refractivity (Wildman–Crippen MR) is 60.7 cm³/mol. The molecule has 90 valence electrons. The maximum absolute atomic E-state index is 11.3. The van der Waals surface area contributed by atoms with Crippen molar-refractivity contribution in [2.24, 2.45) is 0 Å². The largest absolute Gasteiger partial charge is 0.329 e. The summed E-state index contributed by atoms with van der Waals surface area (Å²) in [4.78, 5) is 24.8. The number of H-pyrrole nitrogens is 1. The van der Waals surface area contributed by atoms with Crippen molar-refractivity contribution in [1.29, 1.82) is 0 Å². The lowest BCUT2D eigenvalue weighted by Gasteiger charge is -2.04. The third-order valence-corrected chi connectivity index (χ3v) is 3.94. The van der Waals surface area contributed by atoms with Crippen molar-refractivity contribution in [3.63, 3.8) is 0 Å². The molecule has 1 heterocycles. The first-order valence-corrected chi connectivity index (χ1v) is 6.76. The molecule has 0 atom stereocenters. The summed E-state index contributed by atoms with van der Waals surface area (Å²) in [7, 11) is -3.21. The van der Waals surface area contributed by atoms with E-state index in [1.807, 2.05) is 0 Å². The summed E-state index contributed by atoms with van der Waals surface area (Å²) in [6.07, 6.45) is 0. The minimum atomic E-state index is -3.21. The van der Waals surface area contributed by atoms with E-state index in [0.29, 0.717) is 0 Å². The molecule has 0 aliphatic heterocycles. The number of aromatic nitrogens is 2. The van der Waals surface area contributed by atoms with E-state index in [2.05, 4.69) is 4.98 Å². The van der Waals surface area contributed by atoms with Crippen LogP contribution in [0.1, 0.15) is 6.92 Å². The summed E-state index contributed by atoms with van der Waals surface area (Å²) in [6, 6.07) is 1.03. The van der Waals surface area contributed by atoms with Crippen LogP contribution in [0.15, 0.2) is 15.7 Å². The highest BCUT2D eigenvalue weighted by molar-refractivity contribution is 7.91. The smallest absolute Gasteiger partial charge is 0.298 e. The van der Waals surface area contributed by atoms with Crippen molar-refractivity contribution in [1.82, 2.24) is 9.55 Å². The number of aromatic amines is 1. The molecule has 0 fully saturated rings. The van der Waals surface area contributed by atoms with Gasteiger partial charge in [-0.3, -0.25) is 14.3 Å². The fourth-order valence-electron chi connectivity index (χ4n) is 1.08.